The van der Waals surface area contributed by atoms with Crippen LogP contribution in [-0.4, -0.2) is 20.6 Å². The number of benzene rings is 2. The second-order valence-electron chi connectivity index (χ2n) is 4.45. The number of carbonyl (C=O) groups is 1. The van der Waals surface area contributed by atoms with Gasteiger partial charge in [-0.15, -0.1) is 0 Å². The minimum absolute atomic E-state index is 0.255. The molecular weight excluding hydrogens is 320 g/mol. The van der Waals surface area contributed by atoms with Crippen LogP contribution in [0.1, 0.15) is 16.2 Å². The molecule has 0 saturated heterocycles. The van der Waals surface area contributed by atoms with Gasteiger partial charge in [-0.3, -0.25) is 4.57 Å². The summed E-state index contributed by atoms with van der Waals surface area (Å²) in [6.45, 7) is 1.90. The number of fused-ring (bicyclic) bond motifs is 1. The molecule has 3 rings (SSSR count). The molecular formula is C15H11BrN2O2. The Morgan fingerprint density at radius 2 is 2.00 bits per heavy atom. The molecule has 20 heavy (non-hydrogen) atoms. The van der Waals surface area contributed by atoms with Gasteiger partial charge >= 0.3 is 5.97 Å². The van der Waals surface area contributed by atoms with Crippen molar-refractivity contribution in [2.24, 2.45) is 0 Å². The van der Waals surface area contributed by atoms with E-state index in [1.54, 1.807) is 18.2 Å². The molecule has 5 heteroatoms. The first-order valence-corrected chi connectivity index (χ1v) is 6.84. The quantitative estimate of drug-likeness (QED) is 0.777. The first kappa shape index (κ1) is 12.9. The number of imidazole rings is 1. The summed E-state index contributed by atoms with van der Waals surface area (Å²) < 4.78 is 2.88. The SMILES string of the molecule is Cc1nc2ccc(C(=O)O)cc2n1-c1ccccc1Br. The maximum atomic E-state index is 11.1. The molecule has 100 valence electrons. The number of carboxylic acids is 1. The van der Waals surface area contributed by atoms with Crippen LogP contribution in [-0.2, 0) is 0 Å². The highest BCUT2D eigenvalue weighted by Gasteiger charge is 2.13. The topological polar surface area (TPSA) is 55.1 Å². The van der Waals surface area contributed by atoms with Gasteiger partial charge in [0.15, 0.2) is 0 Å². The minimum Gasteiger partial charge on any atom is -0.478 e. The molecule has 1 N–H and O–H groups in total. The first-order valence-electron chi connectivity index (χ1n) is 6.05. The van der Waals surface area contributed by atoms with Crippen LogP contribution in [0.3, 0.4) is 0 Å². The summed E-state index contributed by atoms with van der Waals surface area (Å²) in [4.78, 5) is 15.6. The predicted octanol–water partition coefficient (Wildman–Crippen LogP) is 3.79. The largest absolute Gasteiger partial charge is 0.478 e. The number of halogens is 1. The Morgan fingerprint density at radius 1 is 1.25 bits per heavy atom. The van der Waals surface area contributed by atoms with Crippen LogP contribution in [0.15, 0.2) is 46.9 Å². The summed E-state index contributed by atoms with van der Waals surface area (Å²) >= 11 is 3.52. The second kappa shape index (κ2) is 4.76. The lowest BCUT2D eigenvalue weighted by atomic mass is 10.2. The third-order valence-corrected chi connectivity index (χ3v) is 3.83. The molecule has 0 fully saturated rings. The van der Waals surface area contributed by atoms with Crippen molar-refractivity contribution in [3.05, 3.63) is 58.3 Å². The molecule has 0 saturated carbocycles. The van der Waals surface area contributed by atoms with E-state index in [9.17, 15) is 4.79 Å². The van der Waals surface area contributed by atoms with Crippen molar-refractivity contribution in [2.45, 2.75) is 6.92 Å². The van der Waals surface area contributed by atoms with Gasteiger partial charge in [-0.05, 0) is 53.2 Å². The molecule has 0 aliphatic rings. The summed E-state index contributed by atoms with van der Waals surface area (Å²) in [5.74, 6) is -0.126. The fraction of sp³-hybridized carbons (Fsp3) is 0.0667. The van der Waals surface area contributed by atoms with Gasteiger partial charge in [0.1, 0.15) is 5.82 Å². The number of aromatic nitrogens is 2. The van der Waals surface area contributed by atoms with Gasteiger partial charge < -0.3 is 5.11 Å². The van der Waals surface area contributed by atoms with Gasteiger partial charge in [0.05, 0.1) is 22.3 Å². The lowest BCUT2D eigenvalue weighted by molar-refractivity contribution is 0.0697. The van der Waals surface area contributed by atoms with Gasteiger partial charge in [-0.25, -0.2) is 9.78 Å². The Balaban J connectivity index is 2.35. The van der Waals surface area contributed by atoms with E-state index in [1.165, 1.54) is 0 Å². The summed E-state index contributed by atoms with van der Waals surface area (Å²) in [5.41, 5.74) is 2.76. The fourth-order valence-corrected chi connectivity index (χ4v) is 2.73. The first-order chi connectivity index (χ1) is 9.58. The lowest BCUT2D eigenvalue weighted by Crippen LogP contribution is -2.00. The van der Waals surface area contributed by atoms with Crippen molar-refractivity contribution in [1.82, 2.24) is 9.55 Å². The number of para-hydroxylation sites is 1. The van der Waals surface area contributed by atoms with Crippen molar-refractivity contribution in [1.29, 1.82) is 0 Å². The van der Waals surface area contributed by atoms with E-state index >= 15 is 0 Å². The van der Waals surface area contributed by atoms with E-state index in [2.05, 4.69) is 20.9 Å². The third-order valence-electron chi connectivity index (χ3n) is 3.16. The highest BCUT2D eigenvalue weighted by Crippen LogP contribution is 2.27. The van der Waals surface area contributed by atoms with Crippen LogP contribution < -0.4 is 0 Å². The molecule has 0 bridgehead atoms. The zero-order valence-electron chi connectivity index (χ0n) is 10.7. The minimum atomic E-state index is -0.940. The molecule has 3 aromatic rings. The molecule has 0 unspecified atom stereocenters. The molecule has 4 nitrogen and oxygen atoms in total. The number of carboxylic acid groups (broad SMARTS) is 1. The van der Waals surface area contributed by atoms with Crippen LogP contribution in [0.5, 0.6) is 0 Å². The second-order valence-corrected chi connectivity index (χ2v) is 5.31. The number of nitrogens with zero attached hydrogens (tertiary/aromatic N) is 2. The summed E-state index contributed by atoms with van der Waals surface area (Å²) in [5, 5.41) is 9.13. The summed E-state index contributed by atoms with van der Waals surface area (Å²) in [6.07, 6.45) is 0. The highest BCUT2D eigenvalue weighted by atomic mass is 79.9. The van der Waals surface area contributed by atoms with Crippen molar-refractivity contribution < 1.29 is 9.90 Å². The monoisotopic (exact) mass is 330 g/mol. The third kappa shape index (κ3) is 2.00. The number of hydrogen-bond acceptors (Lipinski definition) is 2. The smallest absolute Gasteiger partial charge is 0.335 e. The van der Waals surface area contributed by atoms with Crippen LogP contribution in [0.25, 0.3) is 16.7 Å². The van der Waals surface area contributed by atoms with Crippen molar-refractivity contribution in [3.8, 4) is 5.69 Å². The van der Waals surface area contributed by atoms with Gasteiger partial charge in [-0.1, -0.05) is 12.1 Å². The lowest BCUT2D eigenvalue weighted by Gasteiger charge is -2.09. The van der Waals surface area contributed by atoms with E-state index in [4.69, 9.17) is 5.11 Å². The van der Waals surface area contributed by atoms with Gasteiger partial charge in [-0.2, -0.15) is 0 Å². The maximum Gasteiger partial charge on any atom is 0.335 e. The van der Waals surface area contributed by atoms with Crippen molar-refractivity contribution in [2.75, 3.05) is 0 Å². The van der Waals surface area contributed by atoms with Crippen molar-refractivity contribution >= 4 is 32.9 Å². The molecule has 0 radical (unpaired) electrons. The molecule has 0 amide bonds. The number of aromatic carboxylic acids is 1. The molecule has 1 heterocycles. The molecule has 0 spiro atoms. The Bertz CT molecular complexity index is 824. The van der Waals surface area contributed by atoms with Gasteiger partial charge in [0.2, 0.25) is 0 Å². The van der Waals surface area contributed by atoms with Crippen molar-refractivity contribution in [3.63, 3.8) is 0 Å². The number of rotatable bonds is 2. The molecule has 0 aliphatic carbocycles. The average molecular weight is 331 g/mol. The molecule has 1 aromatic heterocycles. The Hall–Kier alpha value is -2.14. The maximum absolute atomic E-state index is 11.1. The van der Waals surface area contributed by atoms with Crippen LogP contribution in [0, 0.1) is 6.92 Å². The van der Waals surface area contributed by atoms with Crippen LogP contribution >= 0.6 is 15.9 Å². The zero-order chi connectivity index (χ0) is 14.3. The van der Waals surface area contributed by atoms with E-state index < -0.39 is 5.97 Å². The fourth-order valence-electron chi connectivity index (χ4n) is 2.27. The van der Waals surface area contributed by atoms with E-state index in [-0.39, 0.29) is 5.56 Å². The Kier molecular flexibility index (Phi) is 3.06. The van der Waals surface area contributed by atoms with Gasteiger partial charge in [0.25, 0.3) is 0 Å². The molecule has 0 aliphatic heterocycles. The Morgan fingerprint density at radius 3 is 2.70 bits per heavy atom. The zero-order valence-corrected chi connectivity index (χ0v) is 12.3. The van der Waals surface area contributed by atoms with Crippen LogP contribution in [0.4, 0.5) is 0 Å². The predicted molar refractivity (Wildman–Crippen MR) is 80.5 cm³/mol. The molecule has 0 atom stereocenters. The normalized spacial score (nSPS) is 10.9. The number of aryl methyl sites for hydroxylation is 1. The standard InChI is InChI=1S/C15H11BrN2O2/c1-9-17-12-7-6-10(15(19)20)8-14(12)18(9)13-5-3-2-4-11(13)16/h2-8H,1H3,(H,19,20). The average Bonchev–Trinajstić information content (AvgIpc) is 2.74. The molecule has 2 aromatic carbocycles. The van der Waals surface area contributed by atoms with Gasteiger partial charge in [0, 0.05) is 4.47 Å². The van der Waals surface area contributed by atoms with E-state index in [0.29, 0.717) is 0 Å². The van der Waals surface area contributed by atoms with E-state index in [0.717, 1.165) is 27.0 Å². The number of hydrogen-bond donors (Lipinski definition) is 1. The van der Waals surface area contributed by atoms with Crippen LogP contribution in [0.2, 0.25) is 0 Å². The summed E-state index contributed by atoms with van der Waals surface area (Å²) in [7, 11) is 0. The Labute approximate surface area is 123 Å². The highest BCUT2D eigenvalue weighted by molar-refractivity contribution is 9.10. The van der Waals surface area contributed by atoms with E-state index in [1.807, 2.05) is 35.8 Å². The summed E-state index contributed by atoms with van der Waals surface area (Å²) in [6, 6.07) is 12.7.